The number of ketones is 1. The fourth-order valence-electron chi connectivity index (χ4n) is 2.14. The predicted octanol–water partition coefficient (Wildman–Crippen LogP) is 1.61. The van der Waals surface area contributed by atoms with E-state index < -0.39 is 0 Å². The lowest BCUT2D eigenvalue weighted by Gasteiger charge is -2.28. The molecule has 2 nitrogen and oxygen atoms in total. The van der Waals surface area contributed by atoms with Crippen molar-refractivity contribution in [2.45, 2.75) is 13.0 Å². The van der Waals surface area contributed by atoms with E-state index in [0.29, 0.717) is 12.3 Å². The maximum absolute atomic E-state index is 11.2. The molecule has 0 saturated carbocycles. The second-order valence-electron chi connectivity index (χ2n) is 4.43. The summed E-state index contributed by atoms with van der Waals surface area (Å²) in [6, 6.07) is 10.4. The van der Waals surface area contributed by atoms with Gasteiger partial charge in [0.1, 0.15) is 13.1 Å². The van der Waals surface area contributed by atoms with Crippen molar-refractivity contribution in [1.29, 1.82) is 0 Å². The SMILES string of the molecule is C[N+]1(Cc2ccccc2)CCC(=O)C1. The van der Waals surface area contributed by atoms with Crippen LogP contribution < -0.4 is 0 Å². The number of likely N-dealkylation sites (N-methyl/N-ethyl adjacent to an activating group) is 1. The minimum Gasteiger partial charge on any atom is -0.316 e. The van der Waals surface area contributed by atoms with Crippen LogP contribution in [-0.2, 0) is 11.3 Å². The molecule has 2 rings (SSSR count). The molecule has 1 unspecified atom stereocenters. The van der Waals surface area contributed by atoms with Crippen molar-refractivity contribution in [3.05, 3.63) is 35.9 Å². The van der Waals surface area contributed by atoms with Gasteiger partial charge < -0.3 is 4.48 Å². The lowest BCUT2D eigenvalue weighted by Crippen LogP contribution is -2.40. The van der Waals surface area contributed by atoms with Crippen LogP contribution >= 0.6 is 0 Å². The highest BCUT2D eigenvalue weighted by molar-refractivity contribution is 5.80. The van der Waals surface area contributed by atoms with Crippen LogP contribution in [0.3, 0.4) is 0 Å². The zero-order valence-electron chi connectivity index (χ0n) is 8.57. The lowest BCUT2D eigenvalue weighted by atomic mass is 10.2. The Kier molecular flexibility index (Phi) is 2.38. The van der Waals surface area contributed by atoms with Gasteiger partial charge in [-0.05, 0) is 0 Å². The lowest BCUT2D eigenvalue weighted by molar-refractivity contribution is -0.907. The topological polar surface area (TPSA) is 17.1 Å². The first kappa shape index (κ1) is 9.41. The number of nitrogens with zero attached hydrogens (tertiary/aromatic N) is 1. The molecule has 1 heterocycles. The molecule has 2 heteroatoms. The number of benzene rings is 1. The molecular weight excluding hydrogens is 174 g/mol. The van der Waals surface area contributed by atoms with Gasteiger partial charge in [0.15, 0.2) is 5.78 Å². The molecule has 0 bridgehead atoms. The molecular formula is C12H16NO+. The first-order chi connectivity index (χ1) is 6.68. The van der Waals surface area contributed by atoms with Gasteiger partial charge in [-0.3, -0.25) is 4.79 Å². The maximum Gasteiger partial charge on any atom is 0.192 e. The first-order valence-electron chi connectivity index (χ1n) is 5.07. The van der Waals surface area contributed by atoms with E-state index in [1.807, 2.05) is 6.07 Å². The number of rotatable bonds is 2. The molecule has 14 heavy (non-hydrogen) atoms. The second kappa shape index (κ2) is 3.54. The third-order valence-corrected chi connectivity index (χ3v) is 2.90. The molecule has 0 spiro atoms. The molecule has 0 radical (unpaired) electrons. The maximum atomic E-state index is 11.2. The first-order valence-corrected chi connectivity index (χ1v) is 5.07. The van der Waals surface area contributed by atoms with E-state index in [1.165, 1.54) is 5.56 Å². The van der Waals surface area contributed by atoms with Crippen molar-refractivity contribution < 1.29 is 9.28 Å². The van der Waals surface area contributed by atoms with Crippen molar-refractivity contribution in [3.63, 3.8) is 0 Å². The van der Waals surface area contributed by atoms with Crippen molar-refractivity contribution in [2.75, 3.05) is 20.1 Å². The highest BCUT2D eigenvalue weighted by Crippen LogP contribution is 2.18. The van der Waals surface area contributed by atoms with Gasteiger partial charge >= 0.3 is 0 Å². The Balaban J connectivity index is 2.08. The summed E-state index contributed by atoms with van der Waals surface area (Å²) in [6.45, 7) is 2.68. The fourth-order valence-corrected chi connectivity index (χ4v) is 2.14. The molecule has 0 amide bonds. The van der Waals surface area contributed by atoms with Crippen LogP contribution in [0.2, 0.25) is 0 Å². The molecule has 1 aliphatic rings. The third kappa shape index (κ3) is 2.02. The zero-order chi connectivity index (χ0) is 10.0. The summed E-state index contributed by atoms with van der Waals surface area (Å²) in [7, 11) is 2.16. The molecule has 1 fully saturated rings. The van der Waals surface area contributed by atoms with Gasteiger partial charge in [-0.2, -0.15) is 0 Å². The molecule has 0 N–H and O–H groups in total. The smallest absolute Gasteiger partial charge is 0.192 e. The number of hydrogen-bond acceptors (Lipinski definition) is 1. The summed E-state index contributed by atoms with van der Waals surface area (Å²) < 4.78 is 0.878. The van der Waals surface area contributed by atoms with Gasteiger partial charge in [-0.25, -0.2) is 0 Å². The molecule has 1 atom stereocenters. The minimum absolute atomic E-state index is 0.406. The number of carbonyl (C=O) groups is 1. The van der Waals surface area contributed by atoms with Crippen molar-refractivity contribution in [2.24, 2.45) is 0 Å². The monoisotopic (exact) mass is 190 g/mol. The number of likely N-dealkylation sites (tertiary alicyclic amines) is 1. The Labute approximate surface area is 84.7 Å². The van der Waals surface area contributed by atoms with E-state index in [2.05, 4.69) is 31.3 Å². The fraction of sp³-hybridized carbons (Fsp3) is 0.417. The van der Waals surface area contributed by atoms with E-state index in [9.17, 15) is 4.79 Å². The second-order valence-corrected chi connectivity index (χ2v) is 4.43. The Bertz CT molecular complexity index is 333. The van der Waals surface area contributed by atoms with Crippen LogP contribution in [0.4, 0.5) is 0 Å². The largest absolute Gasteiger partial charge is 0.316 e. The van der Waals surface area contributed by atoms with Gasteiger partial charge in [0.05, 0.1) is 20.0 Å². The Morgan fingerprint density at radius 2 is 2.00 bits per heavy atom. The number of carbonyl (C=O) groups excluding carboxylic acids is 1. The summed E-state index contributed by atoms with van der Waals surface area (Å²) in [5.74, 6) is 0.406. The Hall–Kier alpha value is -1.15. The molecule has 1 aromatic rings. The van der Waals surface area contributed by atoms with Gasteiger partial charge in [-0.1, -0.05) is 30.3 Å². The summed E-state index contributed by atoms with van der Waals surface area (Å²) >= 11 is 0. The molecule has 0 aliphatic carbocycles. The van der Waals surface area contributed by atoms with Crippen molar-refractivity contribution >= 4 is 5.78 Å². The van der Waals surface area contributed by atoms with Crippen LogP contribution in [0.25, 0.3) is 0 Å². The van der Waals surface area contributed by atoms with Crippen molar-refractivity contribution in [1.82, 2.24) is 0 Å². The highest BCUT2D eigenvalue weighted by Gasteiger charge is 2.32. The number of quaternary nitrogens is 1. The summed E-state index contributed by atoms with van der Waals surface area (Å²) in [6.07, 6.45) is 0.753. The molecule has 1 aliphatic heterocycles. The van der Waals surface area contributed by atoms with E-state index in [-0.39, 0.29) is 0 Å². The predicted molar refractivity (Wildman–Crippen MR) is 55.7 cm³/mol. The number of hydrogen-bond donors (Lipinski definition) is 0. The van der Waals surface area contributed by atoms with Gasteiger partial charge in [0.2, 0.25) is 0 Å². The molecule has 1 aromatic carbocycles. The van der Waals surface area contributed by atoms with Crippen LogP contribution in [0.15, 0.2) is 30.3 Å². The van der Waals surface area contributed by atoms with Crippen LogP contribution in [0.1, 0.15) is 12.0 Å². The quantitative estimate of drug-likeness (QED) is 0.647. The Morgan fingerprint density at radius 3 is 2.57 bits per heavy atom. The van der Waals surface area contributed by atoms with E-state index in [1.54, 1.807) is 0 Å². The standard InChI is InChI=1S/C12H16NO/c1-13(8-7-12(14)10-13)9-11-5-3-2-4-6-11/h2-6H,7-10H2,1H3/q+1. The highest BCUT2D eigenvalue weighted by atomic mass is 16.1. The van der Waals surface area contributed by atoms with Crippen LogP contribution in [-0.4, -0.2) is 30.4 Å². The van der Waals surface area contributed by atoms with Crippen LogP contribution in [0, 0.1) is 0 Å². The third-order valence-electron chi connectivity index (χ3n) is 2.90. The van der Waals surface area contributed by atoms with E-state index in [0.717, 1.165) is 24.0 Å². The Morgan fingerprint density at radius 1 is 1.29 bits per heavy atom. The minimum atomic E-state index is 0.406. The summed E-state index contributed by atoms with van der Waals surface area (Å²) in [5, 5.41) is 0. The van der Waals surface area contributed by atoms with Gasteiger partial charge in [0, 0.05) is 5.56 Å². The summed E-state index contributed by atoms with van der Waals surface area (Å²) in [5.41, 5.74) is 1.32. The number of Topliss-reactive ketones (excluding diaryl/α,β-unsaturated/α-hetero) is 1. The van der Waals surface area contributed by atoms with Crippen molar-refractivity contribution in [3.8, 4) is 0 Å². The molecule has 0 aromatic heterocycles. The zero-order valence-corrected chi connectivity index (χ0v) is 8.57. The molecule has 1 saturated heterocycles. The van der Waals surface area contributed by atoms with E-state index in [4.69, 9.17) is 0 Å². The van der Waals surface area contributed by atoms with E-state index >= 15 is 0 Å². The average molecular weight is 190 g/mol. The van der Waals surface area contributed by atoms with Gasteiger partial charge in [0.25, 0.3) is 0 Å². The van der Waals surface area contributed by atoms with Crippen LogP contribution in [0.5, 0.6) is 0 Å². The average Bonchev–Trinajstić information content (AvgIpc) is 2.47. The molecule has 74 valence electrons. The normalized spacial score (nSPS) is 26.8. The van der Waals surface area contributed by atoms with Gasteiger partial charge in [-0.15, -0.1) is 0 Å². The summed E-state index contributed by atoms with van der Waals surface area (Å²) in [4.78, 5) is 11.2.